The van der Waals surface area contributed by atoms with Crippen LogP contribution in [-0.2, 0) is 6.42 Å². The van der Waals surface area contributed by atoms with Gasteiger partial charge in [-0.25, -0.2) is 0 Å². The maximum atomic E-state index is 5.94. The van der Waals surface area contributed by atoms with Crippen molar-refractivity contribution >= 4 is 15.9 Å². The Morgan fingerprint density at radius 2 is 2.11 bits per heavy atom. The smallest absolute Gasteiger partial charge is 0.133 e. The molecular weight excluding hydrogens is 302 g/mol. The molecule has 3 heteroatoms. The molecule has 0 amide bonds. The van der Waals surface area contributed by atoms with Gasteiger partial charge in [-0.2, -0.15) is 0 Å². The first-order chi connectivity index (χ1) is 9.21. The Labute approximate surface area is 125 Å². The van der Waals surface area contributed by atoms with Crippen molar-refractivity contribution in [2.45, 2.75) is 46.0 Å². The van der Waals surface area contributed by atoms with Gasteiger partial charge in [-0.3, -0.25) is 0 Å². The fourth-order valence-corrected chi connectivity index (χ4v) is 2.63. The van der Waals surface area contributed by atoms with Crippen molar-refractivity contribution in [3.63, 3.8) is 0 Å². The minimum absolute atomic E-state index is 0.663. The molecule has 1 unspecified atom stereocenters. The van der Waals surface area contributed by atoms with Crippen LogP contribution in [0.2, 0.25) is 0 Å². The van der Waals surface area contributed by atoms with Crippen LogP contribution in [0.3, 0.4) is 0 Å². The molecule has 1 aromatic carbocycles. The van der Waals surface area contributed by atoms with E-state index < -0.39 is 0 Å². The lowest BCUT2D eigenvalue weighted by atomic mass is 10.0. The number of hydrogen-bond donors (Lipinski definition) is 1. The highest BCUT2D eigenvalue weighted by Crippen LogP contribution is 2.27. The highest BCUT2D eigenvalue weighted by Gasteiger charge is 2.09. The standard InChI is InChI=1S/C16H26BrNO/c1-3-5-6-13(4-2)12-19-16-8-7-14(9-10-18)11-15(16)17/h7-8,11,13H,3-6,9-10,12,18H2,1-2H3. The Hall–Kier alpha value is -0.540. The van der Waals surface area contributed by atoms with Crippen molar-refractivity contribution in [3.05, 3.63) is 28.2 Å². The lowest BCUT2D eigenvalue weighted by Gasteiger charge is -2.16. The van der Waals surface area contributed by atoms with Gasteiger partial charge < -0.3 is 10.5 Å². The normalized spacial score (nSPS) is 12.4. The van der Waals surface area contributed by atoms with E-state index in [0.717, 1.165) is 23.2 Å². The van der Waals surface area contributed by atoms with Crippen molar-refractivity contribution in [1.29, 1.82) is 0 Å². The van der Waals surface area contributed by atoms with Crippen molar-refractivity contribution < 1.29 is 4.74 Å². The molecular formula is C16H26BrNO. The van der Waals surface area contributed by atoms with Crippen molar-refractivity contribution in [2.75, 3.05) is 13.2 Å². The summed E-state index contributed by atoms with van der Waals surface area (Å²) in [5, 5.41) is 0. The van der Waals surface area contributed by atoms with Crippen molar-refractivity contribution in [1.82, 2.24) is 0 Å². The second-order valence-electron chi connectivity index (χ2n) is 5.03. The summed E-state index contributed by atoms with van der Waals surface area (Å²) in [6.45, 7) is 5.97. The number of ether oxygens (including phenoxy) is 1. The van der Waals surface area contributed by atoms with Crippen molar-refractivity contribution in [3.8, 4) is 5.75 Å². The van der Waals surface area contributed by atoms with Gasteiger partial charge in [-0.15, -0.1) is 0 Å². The molecule has 0 fully saturated rings. The van der Waals surface area contributed by atoms with E-state index in [1.165, 1.54) is 31.2 Å². The van der Waals surface area contributed by atoms with Crippen LogP contribution in [0.5, 0.6) is 5.75 Å². The van der Waals surface area contributed by atoms with Crippen LogP contribution in [0.15, 0.2) is 22.7 Å². The molecule has 0 spiro atoms. The van der Waals surface area contributed by atoms with E-state index in [0.29, 0.717) is 12.5 Å². The van der Waals surface area contributed by atoms with E-state index >= 15 is 0 Å². The van der Waals surface area contributed by atoms with Gasteiger partial charge in [0.15, 0.2) is 0 Å². The molecule has 2 nitrogen and oxygen atoms in total. The first-order valence-electron chi connectivity index (χ1n) is 7.32. The number of halogens is 1. The molecule has 1 aromatic rings. The highest BCUT2D eigenvalue weighted by atomic mass is 79.9. The fraction of sp³-hybridized carbons (Fsp3) is 0.625. The highest BCUT2D eigenvalue weighted by molar-refractivity contribution is 9.10. The fourth-order valence-electron chi connectivity index (χ4n) is 2.09. The maximum Gasteiger partial charge on any atom is 0.133 e. The first kappa shape index (κ1) is 16.5. The average Bonchev–Trinajstić information content (AvgIpc) is 2.41. The molecule has 0 saturated heterocycles. The Balaban J connectivity index is 2.52. The lowest BCUT2D eigenvalue weighted by Crippen LogP contribution is -2.11. The average molecular weight is 328 g/mol. The lowest BCUT2D eigenvalue weighted by molar-refractivity contribution is 0.232. The second-order valence-corrected chi connectivity index (χ2v) is 5.89. The molecule has 0 heterocycles. The van der Waals surface area contributed by atoms with Gasteiger partial charge in [0.1, 0.15) is 5.75 Å². The van der Waals surface area contributed by atoms with Crippen LogP contribution >= 0.6 is 15.9 Å². The zero-order valence-corrected chi connectivity index (χ0v) is 13.7. The molecule has 0 bridgehead atoms. The quantitative estimate of drug-likeness (QED) is 0.722. The van der Waals surface area contributed by atoms with Gasteiger partial charge in [0.2, 0.25) is 0 Å². The molecule has 0 aliphatic heterocycles. The molecule has 0 saturated carbocycles. The predicted molar refractivity (Wildman–Crippen MR) is 85.7 cm³/mol. The number of nitrogens with two attached hydrogens (primary N) is 1. The van der Waals surface area contributed by atoms with E-state index in [1.54, 1.807) is 0 Å². The molecule has 19 heavy (non-hydrogen) atoms. The van der Waals surface area contributed by atoms with Gasteiger partial charge >= 0.3 is 0 Å². The van der Waals surface area contributed by atoms with Gasteiger partial charge in [-0.1, -0.05) is 39.2 Å². The van der Waals surface area contributed by atoms with Crippen LogP contribution in [-0.4, -0.2) is 13.2 Å². The van der Waals surface area contributed by atoms with Crippen LogP contribution < -0.4 is 10.5 Å². The molecule has 1 rings (SSSR count). The van der Waals surface area contributed by atoms with E-state index in [2.05, 4.69) is 41.9 Å². The topological polar surface area (TPSA) is 35.2 Å². The molecule has 0 radical (unpaired) electrons. The Morgan fingerprint density at radius 1 is 1.32 bits per heavy atom. The van der Waals surface area contributed by atoms with Crippen LogP contribution in [0.1, 0.15) is 45.1 Å². The number of unbranched alkanes of at least 4 members (excludes halogenated alkanes) is 1. The van der Waals surface area contributed by atoms with Gasteiger partial charge in [0.05, 0.1) is 11.1 Å². The van der Waals surface area contributed by atoms with Crippen LogP contribution in [0.25, 0.3) is 0 Å². The first-order valence-corrected chi connectivity index (χ1v) is 8.11. The third-order valence-electron chi connectivity index (χ3n) is 3.45. The SMILES string of the molecule is CCCCC(CC)COc1ccc(CCN)cc1Br. The largest absolute Gasteiger partial charge is 0.492 e. The molecule has 0 aromatic heterocycles. The summed E-state index contributed by atoms with van der Waals surface area (Å²) in [7, 11) is 0. The van der Waals surface area contributed by atoms with Crippen LogP contribution in [0.4, 0.5) is 0 Å². The number of hydrogen-bond acceptors (Lipinski definition) is 2. The van der Waals surface area contributed by atoms with Gasteiger partial charge in [0.25, 0.3) is 0 Å². The van der Waals surface area contributed by atoms with Gasteiger partial charge in [-0.05, 0) is 58.9 Å². The second kappa shape index (κ2) is 9.38. The summed E-state index contributed by atoms with van der Waals surface area (Å²) in [6.07, 6.45) is 5.90. The summed E-state index contributed by atoms with van der Waals surface area (Å²) in [6, 6.07) is 6.25. The van der Waals surface area contributed by atoms with E-state index in [9.17, 15) is 0 Å². The van der Waals surface area contributed by atoms with E-state index in [1.807, 2.05) is 6.07 Å². The minimum atomic E-state index is 0.663. The third kappa shape index (κ3) is 5.96. The van der Waals surface area contributed by atoms with E-state index in [4.69, 9.17) is 10.5 Å². The molecule has 108 valence electrons. The summed E-state index contributed by atoms with van der Waals surface area (Å²) < 4.78 is 6.97. The monoisotopic (exact) mass is 327 g/mol. The summed E-state index contributed by atoms with van der Waals surface area (Å²) in [5.41, 5.74) is 6.81. The van der Waals surface area contributed by atoms with E-state index in [-0.39, 0.29) is 0 Å². The maximum absolute atomic E-state index is 5.94. The third-order valence-corrected chi connectivity index (χ3v) is 4.07. The molecule has 2 N–H and O–H groups in total. The minimum Gasteiger partial charge on any atom is -0.492 e. The molecule has 0 aliphatic carbocycles. The van der Waals surface area contributed by atoms with Crippen LogP contribution in [0, 0.1) is 5.92 Å². The summed E-state index contributed by atoms with van der Waals surface area (Å²) in [4.78, 5) is 0. The molecule has 1 atom stereocenters. The zero-order chi connectivity index (χ0) is 14.1. The Bertz CT molecular complexity index is 368. The number of benzene rings is 1. The Morgan fingerprint density at radius 3 is 2.68 bits per heavy atom. The van der Waals surface area contributed by atoms with Crippen molar-refractivity contribution in [2.24, 2.45) is 11.7 Å². The Kier molecular flexibility index (Phi) is 8.15. The summed E-state index contributed by atoms with van der Waals surface area (Å²) >= 11 is 3.58. The van der Waals surface area contributed by atoms with Gasteiger partial charge in [0, 0.05) is 0 Å². The zero-order valence-electron chi connectivity index (χ0n) is 12.1. The summed E-state index contributed by atoms with van der Waals surface area (Å²) in [5.74, 6) is 1.60. The molecule has 0 aliphatic rings. The number of rotatable bonds is 9. The predicted octanol–water partition coefficient (Wildman–Crippen LogP) is 4.55.